The number of aromatic hydroxyl groups is 1. The summed E-state index contributed by atoms with van der Waals surface area (Å²) in [5, 5.41) is 20.3. The van der Waals surface area contributed by atoms with Crippen LogP contribution in [0.25, 0.3) is 22.6 Å². The number of fused-ring (bicyclic) bond motifs is 1. The Bertz CT molecular complexity index is 1400. The smallest absolute Gasteiger partial charge is 0.339 e. The Hall–Kier alpha value is -4.51. The van der Waals surface area contributed by atoms with Crippen LogP contribution in [0.15, 0.2) is 91.5 Å². The minimum absolute atomic E-state index is 0.0675. The second-order valence-corrected chi connectivity index (χ2v) is 7.20. The number of pyridine rings is 1. The molecule has 0 radical (unpaired) electrons. The van der Waals surface area contributed by atoms with E-state index in [9.17, 15) is 14.7 Å². The highest BCUT2D eigenvalue weighted by Gasteiger charge is 2.16. The quantitative estimate of drug-likeness (QED) is 0.313. The summed E-state index contributed by atoms with van der Waals surface area (Å²) in [7, 11) is 0. The van der Waals surface area contributed by atoms with Gasteiger partial charge in [-0.2, -0.15) is 0 Å². The highest BCUT2D eigenvalue weighted by Crippen LogP contribution is 2.25. The minimum Gasteiger partial charge on any atom is -0.506 e. The number of carboxylic acids is 1. The Kier molecular flexibility index (Phi) is 5.64. The van der Waals surface area contributed by atoms with E-state index in [-0.39, 0.29) is 11.1 Å². The lowest BCUT2D eigenvalue weighted by Gasteiger charge is -2.08. The molecule has 32 heavy (non-hydrogen) atoms. The van der Waals surface area contributed by atoms with Crippen LogP contribution in [0.1, 0.15) is 37.5 Å². The monoisotopic (exact) mass is 421 g/mol. The van der Waals surface area contributed by atoms with E-state index in [0.717, 1.165) is 33.3 Å². The number of carbonyl (C=O) groups is 2. The predicted molar refractivity (Wildman–Crippen MR) is 125 cm³/mol. The molecule has 3 aromatic carbocycles. The third-order valence-electron chi connectivity index (χ3n) is 5.10. The zero-order valence-electron chi connectivity index (χ0n) is 17.0. The van der Waals surface area contributed by atoms with Gasteiger partial charge in [-0.15, -0.1) is 0 Å². The summed E-state index contributed by atoms with van der Waals surface area (Å²) < 4.78 is 0. The van der Waals surface area contributed by atoms with Gasteiger partial charge in [0.15, 0.2) is 5.78 Å². The lowest BCUT2D eigenvalue weighted by Crippen LogP contribution is -2.02. The van der Waals surface area contributed by atoms with E-state index in [1.165, 1.54) is 24.3 Å². The molecule has 4 aromatic rings. The topological polar surface area (TPSA) is 87.5 Å². The van der Waals surface area contributed by atoms with Gasteiger partial charge in [-0.05, 0) is 47.5 Å². The lowest BCUT2D eigenvalue weighted by molar-refractivity contribution is 0.0693. The van der Waals surface area contributed by atoms with E-state index in [1.807, 2.05) is 60.7 Å². The van der Waals surface area contributed by atoms with Crippen LogP contribution in [0.5, 0.6) is 5.75 Å². The maximum Gasteiger partial charge on any atom is 0.339 e. The van der Waals surface area contributed by atoms with Crippen LogP contribution < -0.4 is 0 Å². The molecule has 0 unspecified atom stereocenters. The number of aromatic nitrogens is 1. The number of aromatic carboxylic acids is 1. The molecule has 0 atom stereocenters. The molecule has 1 aromatic heterocycles. The molecular formula is C27H19NO4. The van der Waals surface area contributed by atoms with Crippen LogP contribution >= 0.6 is 0 Å². The van der Waals surface area contributed by atoms with Gasteiger partial charge < -0.3 is 10.2 Å². The zero-order chi connectivity index (χ0) is 22.7. The van der Waals surface area contributed by atoms with Crippen molar-refractivity contribution in [3.63, 3.8) is 0 Å². The molecule has 0 amide bonds. The molecule has 5 heteroatoms. The minimum atomic E-state index is -1.30. The summed E-state index contributed by atoms with van der Waals surface area (Å²) in [5.41, 5.74) is 3.63. The Morgan fingerprint density at radius 3 is 2.44 bits per heavy atom. The first-order chi connectivity index (χ1) is 15.4. The first kappa shape index (κ1) is 20.8. The number of rotatable bonds is 6. The highest BCUT2D eigenvalue weighted by molar-refractivity contribution is 6.10. The van der Waals surface area contributed by atoms with Crippen molar-refractivity contribution in [3.8, 4) is 5.75 Å². The number of carboxylic acid groups (broad SMARTS) is 1. The fourth-order valence-electron chi connectivity index (χ4n) is 3.39. The zero-order valence-corrected chi connectivity index (χ0v) is 17.0. The van der Waals surface area contributed by atoms with E-state index >= 15 is 0 Å². The first-order valence-electron chi connectivity index (χ1n) is 9.87. The average molecular weight is 421 g/mol. The number of nitrogens with zero attached hydrogens (tertiary/aromatic N) is 1. The number of benzene rings is 3. The van der Waals surface area contributed by atoms with Crippen LogP contribution in [0, 0.1) is 0 Å². The maximum absolute atomic E-state index is 12.5. The molecule has 1 heterocycles. The van der Waals surface area contributed by atoms with Crippen molar-refractivity contribution in [1.29, 1.82) is 0 Å². The summed E-state index contributed by atoms with van der Waals surface area (Å²) in [6, 6.07) is 23.3. The fourth-order valence-corrected chi connectivity index (χ4v) is 3.39. The number of allylic oxidation sites excluding steroid dienone is 1. The van der Waals surface area contributed by atoms with Crippen molar-refractivity contribution in [2.75, 3.05) is 0 Å². The number of phenols is 1. The van der Waals surface area contributed by atoms with Crippen LogP contribution in [0.2, 0.25) is 0 Å². The molecule has 5 nitrogen and oxygen atoms in total. The van der Waals surface area contributed by atoms with Crippen molar-refractivity contribution in [1.82, 2.24) is 4.98 Å². The van der Waals surface area contributed by atoms with Gasteiger partial charge in [-0.25, -0.2) is 9.78 Å². The van der Waals surface area contributed by atoms with Gasteiger partial charge in [0, 0.05) is 11.0 Å². The van der Waals surface area contributed by atoms with Crippen LogP contribution in [0.4, 0.5) is 0 Å². The van der Waals surface area contributed by atoms with E-state index in [4.69, 9.17) is 5.11 Å². The van der Waals surface area contributed by atoms with Crippen molar-refractivity contribution in [2.45, 2.75) is 0 Å². The third-order valence-corrected chi connectivity index (χ3v) is 5.10. The molecular weight excluding hydrogens is 402 g/mol. The first-order valence-corrected chi connectivity index (χ1v) is 9.87. The Morgan fingerprint density at radius 2 is 1.62 bits per heavy atom. The lowest BCUT2D eigenvalue weighted by atomic mass is 10.00. The Morgan fingerprint density at radius 1 is 0.875 bits per heavy atom. The van der Waals surface area contributed by atoms with Crippen molar-refractivity contribution in [3.05, 3.63) is 119 Å². The third kappa shape index (κ3) is 4.18. The molecule has 0 spiro atoms. The highest BCUT2D eigenvalue weighted by atomic mass is 16.4. The molecule has 0 bridgehead atoms. The van der Waals surface area contributed by atoms with Gasteiger partial charge in [-0.1, -0.05) is 61.2 Å². The van der Waals surface area contributed by atoms with Crippen LogP contribution in [-0.4, -0.2) is 26.9 Å². The number of para-hydroxylation sites is 2. The van der Waals surface area contributed by atoms with Crippen LogP contribution in [0.3, 0.4) is 0 Å². The predicted octanol–water partition coefficient (Wildman–Crippen LogP) is 5.60. The number of hydrogen-bond donors (Lipinski definition) is 2. The molecule has 156 valence electrons. The van der Waals surface area contributed by atoms with Gasteiger partial charge in [0.1, 0.15) is 11.3 Å². The largest absolute Gasteiger partial charge is 0.506 e. The van der Waals surface area contributed by atoms with Crippen molar-refractivity contribution < 1.29 is 19.8 Å². The molecule has 0 fully saturated rings. The molecule has 0 saturated heterocycles. The summed E-state index contributed by atoms with van der Waals surface area (Å²) >= 11 is 0. The molecule has 0 aliphatic carbocycles. The molecule has 0 aliphatic heterocycles. The normalized spacial score (nSPS) is 11.0. The second-order valence-electron chi connectivity index (χ2n) is 7.20. The Labute approximate surface area is 184 Å². The average Bonchev–Trinajstić information content (AvgIpc) is 2.82. The molecule has 4 rings (SSSR count). The second kappa shape index (κ2) is 8.70. The number of carbonyl (C=O) groups excluding carboxylic acids is 1. The van der Waals surface area contributed by atoms with Gasteiger partial charge in [0.25, 0.3) is 0 Å². The molecule has 0 saturated carbocycles. The van der Waals surface area contributed by atoms with Crippen molar-refractivity contribution >= 4 is 34.3 Å². The van der Waals surface area contributed by atoms with Crippen LogP contribution in [-0.2, 0) is 0 Å². The van der Waals surface area contributed by atoms with Gasteiger partial charge in [-0.3, -0.25) is 4.79 Å². The SMILES string of the molecule is C=C(c1cccc(C=CC(=O)c2cccc(C(=O)O)c2O)c1)c1ccc2ccccc2n1. The fraction of sp³-hybridized carbons (Fsp3) is 0. The number of hydrogen-bond acceptors (Lipinski definition) is 4. The van der Waals surface area contributed by atoms with E-state index < -0.39 is 17.5 Å². The van der Waals surface area contributed by atoms with E-state index in [2.05, 4.69) is 11.6 Å². The summed E-state index contributed by atoms with van der Waals surface area (Å²) in [6.07, 6.45) is 2.91. The standard InChI is InChI=1S/C27H19NO4/c1-17(23-14-13-19-7-2-3-11-24(19)28-23)20-8-4-6-18(16-20)12-15-25(29)21-9-5-10-22(26(21)30)27(31)32/h2-16,30H,1H2,(H,31,32). The summed E-state index contributed by atoms with van der Waals surface area (Å²) in [6.45, 7) is 4.18. The van der Waals surface area contributed by atoms with Gasteiger partial charge in [0.05, 0.1) is 16.8 Å². The summed E-state index contributed by atoms with van der Waals surface area (Å²) in [5.74, 6) is -2.33. The summed E-state index contributed by atoms with van der Waals surface area (Å²) in [4.78, 5) is 28.4. The van der Waals surface area contributed by atoms with E-state index in [0.29, 0.717) is 0 Å². The van der Waals surface area contributed by atoms with Crippen molar-refractivity contribution in [2.24, 2.45) is 0 Å². The molecule has 2 N–H and O–H groups in total. The molecule has 0 aliphatic rings. The van der Waals surface area contributed by atoms with Gasteiger partial charge >= 0.3 is 5.97 Å². The van der Waals surface area contributed by atoms with Gasteiger partial charge in [0.2, 0.25) is 0 Å². The number of ketones is 1. The Balaban J connectivity index is 1.58. The maximum atomic E-state index is 12.5. The van der Waals surface area contributed by atoms with E-state index in [1.54, 1.807) is 6.08 Å².